The summed E-state index contributed by atoms with van der Waals surface area (Å²) < 4.78 is 5.96. The predicted molar refractivity (Wildman–Crippen MR) is 62.9 cm³/mol. The van der Waals surface area contributed by atoms with E-state index < -0.39 is 0 Å². The molecule has 14 heavy (non-hydrogen) atoms. The fourth-order valence-electron chi connectivity index (χ4n) is 3.04. The Morgan fingerprint density at radius 2 is 2.00 bits per heavy atom. The lowest BCUT2D eigenvalue weighted by Gasteiger charge is -2.55. The summed E-state index contributed by atoms with van der Waals surface area (Å²) in [7, 11) is 0. The second kappa shape index (κ2) is 4.52. The van der Waals surface area contributed by atoms with Gasteiger partial charge in [-0.3, -0.25) is 0 Å². The van der Waals surface area contributed by atoms with Gasteiger partial charge in [-0.1, -0.05) is 42.1 Å². The largest absolute Gasteiger partial charge is 0.378 e. The second-order valence-electron chi connectivity index (χ2n) is 4.86. The lowest BCUT2D eigenvalue weighted by Crippen LogP contribution is -2.56. The molecule has 2 fully saturated rings. The highest BCUT2D eigenvalue weighted by atomic mass is 79.9. The quantitative estimate of drug-likeness (QED) is 0.700. The van der Waals surface area contributed by atoms with Crippen LogP contribution in [-0.2, 0) is 4.74 Å². The van der Waals surface area contributed by atoms with Crippen molar-refractivity contribution in [1.29, 1.82) is 0 Å². The van der Waals surface area contributed by atoms with Crippen molar-refractivity contribution in [3.8, 4) is 0 Å². The van der Waals surface area contributed by atoms with Crippen molar-refractivity contribution in [2.75, 3.05) is 6.61 Å². The number of ether oxygens (including phenoxy) is 1. The van der Waals surface area contributed by atoms with E-state index in [1.165, 1.54) is 38.5 Å². The maximum atomic E-state index is 5.96. The third kappa shape index (κ3) is 1.76. The van der Waals surface area contributed by atoms with Crippen LogP contribution in [0.15, 0.2) is 0 Å². The second-order valence-corrected chi connectivity index (χ2v) is 5.96. The molecular formula is C12H21BrO. The van der Waals surface area contributed by atoms with Gasteiger partial charge in [0.05, 0.1) is 6.10 Å². The molecule has 2 atom stereocenters. The molecule has 1 nitrogen and oxygen atoms in total. The molecule has 0 N–H and O–H groups in total. The minimum absolute atomic E-state index is 0.521. The van der Waals surface area contributed by atoms with Crippen molar-refractivity contribution in [2.45, 2.75) is 62.8 Å². The predicted octanol–water partition coefficient (Wildman–Crippen LogP) is 3.90. The maximum Gasteiger partial charge on any atom is 0.0652 e. The van der Waals surface area contributed by atoms with Crippen molar-refractivity contribution < 1.29 is 4.74 Å². The molecule has 2 aliphatic rings. The van der Waals surface area contributed by atoms with Crippen LogP contribution in [0, 0.1) is 5.41 Å². The Balaban J connectivity index is 1.92. The molecule has 1 spiro atoms. The summed E-state index contributed by atoms with van der Waals surface area (Å²) >= 11 is 3.83. The van der Waals surface area contributed by atoms with Crippen LogP contribution in [0.2, 0.25) is 0 Å². The standard InChI is InChI=1S/C12H21BrO/c1-2-8-14-11-9-10(13)12(11)6-4-3-5-7-12/h10-11H,2-9H2,1H3. The number of alkyl halides is 1. The maximum absolute atomic E-state index is 5.96. The van der Waals surface area contributed by atoms with E-state index in [2.05, 4.69) is 22.9 Å². The van der Waals surface area contributed by atoms with Crippen molar-refractivity contribution >= 4 is 15.9 Å². The normalized spacial score (nSPS) is 35.6. The fourth-order valence-corrected chi connectivity index (χ4v) is 4.13. The van der Waals surface area contributed by atoms with Crippen LogP contribution in [0.3, 0.4) is 0 Å². The van der Waals surface area contributed by atoms with Crippen LogP contribution >= 0.6 is 15.9 Å². The van der Waals surface area contributed by atoms with E-state index >= 15 is 0 Å². The number of hydrogen-bond acceptors (Lipinski definition) is 1. The van der Waals surface area contributed by atoms with Crippen LogP contribution in [0.1, 0.15) is 51.9 Å². The summed E-state index contributed by atoms with van der Waals surface area (Å²) in [5.41, 5.74) is 0.521. The average Bonchev–Trinajstić information content (AvgIpc) is 2.25. The zero-order valence-corrected chi connectivity index (χ0v) is 10.7. The van der Waals surface area contributed by atoms with Gasteiger partial charge in [-0.15, -0.1) is 0 Å². The molecule has 0 aromatic heterocycles. The molecule has 0 heterocycles. The molecule has 0 aliphatic heterocycles. The molecule has 0 aromatic carbocycles. The zero-order chi connectivity index (χ0) is 10.0. The van der Waals surface area contributed by atoms with Crippen LogP contribution in [0.5, 0.6) is 0 Å². The van der Waals surface area contributed by atoms with Gasteiger partial charge in [0.2, 0.25) is 0 Å². The topological polar surface area (TPSA) is 9.23 Å². The fraction of sp³-hybridized carbons (Fsp3) is 1.00. The molecule has 2 aliphatic carbocycles. The van der Waals surface area contributed by atoms with Crippen LogP contribution in [-0.4, -0.2) is 17.5 Å². The highest BCUT2D eigenvalue weighted by Gasteiger charge is 2.54. The van der Waals surface area contributed by atoms with E-state index in [1.807, 2.05) is 0 Å². The van der Waals surface area contributed by atoms with Gasteiger partial charge in [0.15, 0.2) is 0 Å². The third-order valence-corrected chi connectivity index (χ3v) is 5.28. The first kappa shape index (κ1) is 10.9. The summed E-state index contributed by atoms with van der Waals surface area (Å²) in [6, 6.07) is 0. The number of hydrogen-bond donors (Lipinski definition) is 0. The molecule has 2 saturated carbocycles. The molecule has 0 radical (unpaired) electrons. The Morgan fingerprint density at radius 1 is 1.29 bits per heavy atom. The van der Waals surface area contributed by atoms with Crippen LogP contribution in [0.4, 0.5) is 0 Å². The number of halogens is 1. The first-order valence-corrected chi connectivity index (χ1v) is 6.97. The van der Waals surface area contributed by atoms with E-state index in [0.29, 0.717) is 11.5 Å². The lowest BCUT2D eigenvalue weighted by molar-refractivity contribution is -0.120. The van der Waals surface area contributed by atoms with Crippen molar-refractivity contribution in [3.63, 3.8) is 0 Å². The van der Waals surface area contributed by atoms with Crippen molar-refractivity contribution in [2.24, 2.45) is 5.41 Å². The Morgan fingerprint density at radius 3 is 2.57 bits per heavy atom. The minimum Gasteiger partial charge on any atom is -0.378 e. The summed E-state index contributed by atoms with van der Waals surface area (Å²) in [6.45, 7) is 3.14. The lowest BCUT2D eigenvalue weighted by atomic mass is 9.58. The van der Waals surface area contributed by atoms with E-state index in [-0.39, 0.29) is 0 Å². The van der Waals surface area contributed by atoms with Gasteiger partial charge in [-0.05, 0) is 25.7 Å². The van der Waals surface area contributed by atoms with Gasteiger partial charge in [-0.2, -0.15) is 0 Å². The van der Waals surface area contributed by atoms with Gasteiger partial charge in [-0.25, -0.2) is 0 Å². The molecule has 2 unspecified atom stereocenters. The van der Waals surface area contributed by atoms with Gasteiger partial charge in [0.25, 0.3) is 0 Å². The first-order chi connectivity index (χ1) is 6.79. The van der Waals surface area contributed by atoms with E-state index in [9.17, 15) is 0 Å². The van der Waals surface area contributed by atoms with Crippen LogP contribution < -0.4 is 0 Å². The van der Waals surface area contributed by atoms with Gasteiger partial charge in [0, 0.05) is 16.8 Å². The highest BCUT2D eigenvalue weighted by Crippen LogP contribution is 2.56. The minimum atomic E-state index is 0.521. The molecule has 0 amide bonds. The Labute approximate surface area is 95.7 Å². The summed E-state index contributed by atoms with van der Waals surface area (Å²) in [4.78, 5) is 0.733. The van der Waals surface area contributed by atoms with Gasteiger partial charge in [0.1, 0.15) is 0 Å². The van der Waals surface area contributed by atoms with Gasteiger partial charge < -0.3 is 4.74 Å². The van der Waals surface area contributed by atoms with E-state index in [1.54, 1.807) is 0 Å². The monoisotopic (exact) mass is 260 g/mol. The Kier molecular flexibility index (Phi) is 3.54. The summed E-state index contributed by atoms with van der Waals surface area (Å²) in [5, 5.41) is 0. The van der Waals surface area contributed by atoms with Crippen molar-refractivity contribution in [1.82, 2.24) is 0 Å². The molecule has 0 aromatic rings. The smallest absolute Gasteiger partial charge is 0.0652 e. The molecule has 0 bridgehead atoms. The zero-order valence-electron chi connectivity index (χ0n) is 9.10. The van der Waals surface area contributed by atoms with E-state index in [4.69, 9.17) is 4.74 Å². The van der Waals surface area contributed by atoms with Gasteiger partial charge >= 0.3 is 0 Å². The SMILES string of the molecule is CCCOC1CC(Br)C12CCCCC2. The Hall–Kier alpha value is 0.440. The van der Waals surface area contributed by atoms with Crippen molar-refractivity contribution in [3.05, 3.63) is 0 Å². The molecule has 0 saturated heterocycles. The summed E-state index contributed by atoms with van der Waals surface area (Å²) in [5.74, 6) is 0. The number of rotatable bonds is 3. The Bertz CT molecular complexity index is 187. The van der Waals surface area contributed by atoms with Crippen LogP contribution in [0.25, 0.3) is 0 Å². The molecular weight excluding hydrogens is 240 g/mol. The summed E-state index contributed by atoms with van der Waals surface area (Å²) in [6.07, 6.45) is 9.98. The third-order valence-electron chi connectivity index (χ3n) is 3.99. The highest BCUT2D eigenvalue weighted by molar-refractivity contribution is 9.09. The average molecular weight is 261 g/mol. The van der Waals surface area contributed by atoms with E-state index in [0.717, 1.165) is 17.9 Å². The molecule has 2 rings (SSSR count). The molecule has 2 heteroatoms. The first-order valence-electron chi connectivity index (χ1n) is 6.05. The molecule has 82 valence electrons.